The van der Waals surface area contributed by atoms with Crippen molar-refractivity contribution in [1.29, 1.82) is 0 Å². The van der Waals surface area contributed by atoms with Crippen LogP contribution in [-0.4, -0.2) is 48.1 Å². The van der Waals surface area contributed by atoms with Gasteiger partial charge in [-0.15, -0.1) is 12.6 Å². The summed E-state index contributed by atoms with van der Waals surface area (Å²) in [5, 5.41) is 2.96. The molecule has 3 fully saturated rings. The van der Waals surface area contributed by atoms with E-state index < -0.39 is 0 Å². The lowest BCUT2D eigenvalue weighted by Gasteiger charge is -2.44. The number of hydrogen-bond acceptors (Lipinski definition) is 5. The Hall–Kier alpha value is -1.40. The second-order valence-electron chi connectivity index (χ2n) is 7.22. The van der Waals surface area contributed by atoms with Crippen molar-refractivity contribution in [1.82, 2.24) is 10.2 Å². The van der Waals surface area contributed by atoms with Crippen LogP contribution in [0, 0.1) is 0 Å². The van der Waals surface area contributed by atoms with Crippen molar-refractivity contribution in [3.05, 3.63) is 24.3 Å². The standard InChI is InChI=1S/C18H25N3O2S/c1-20-11-7-15(8-12-20)23-14-5-3-13(4-6-14)21-17(24)19-16(22)18(21)9-2-10-18/h3-6,15,17,24H,2,7-12H2,1H3,(H,19,22). The summed E-state index contributed by atoms with van der Waals surface area (Å²) in [6.45, 7) is 2.18. The Balaban J connectivity index is 1.47. The molecule has 3 aliphatic rings. The molecule has 1 spiro atoms. The van der Waals surface area contributed by atoms with Crippen LogP contribution < -0.4 is 15.0 Å². The molecule has 1 unspecified atom stereocenters. The third-order valence-corrected chi connectivity index (χ3v) is 6.01. The maximum absolute atomic E-state index is 12.3. The summed E-state index contributed by atoms with van der Waals surface area (Å²) < 4.78 is 6.11. The second-order valence-corrected chi connectivity index (χ2v) is 7.71. The number of nitrogens with one attached hydrogen (secondary N) is 1. The summed E-state index contributed by atoms with van der Waals surface area (Å²) in [6, 6.07) is 8.13. The summed E-state index contributed by atoms with van der Waals surface area (Å²) in [4.78, 5) is 16.8. The molecule has 24 heavy (non-hydrogen) atoms. The van der Waals surface area contributed by atoms with Crippen molar-refractivity contribution >= 4 is 24.2 Å². The molecule has 1 aliphatic carbocycles. The van der Waals surface area contributed by atoms with Gasteiger partial charge < -0.3 is 19.9 Å². The first kappa shape index (κ1) is 16.1. The zero-order chi connectivity index (χ0) is 16.7. The van der Waals surface area contributed by atoms with E-state index >= 15 is 0 Å². The van der Waals surface area contributed by atoms with E-state index in [1.807, 2.05) is 24.3 Å². The predicted molar refractivity (Wildman–Crippen MR) is 97.6 cm³/mol. The molecular weight excluding hydrogens is 322 g/mol. The summed E-state index contributed by atoms with van der Waals surface area (Å²) in [6.07, 6.45) is 5.36. The third kappa shape index (κ3) is 2.65. The molecule has 130 valence electrons. The Morgan fingerprint density at radius 3 is 2.46 bits per heavy atom. The molecular formula is C18H25N3O2S. The number of thiol groups is 1. The Bertz CT molecular complexity index is 609. The van der Waals surface area contributed by atoms with Gasteiger partial charge in [0.2, 0.25) is 5.91 Å². The molecule has 1 aromatic rings. The topological polar surface area (TPSA) is 44.8 Å². The SMILES string of the molecule is CN1CCC(Oc2ccc(N3C(S)NC(=O)C34CCC4)cc2)CC1. The minimum atomic E-state index is -0.386. The van der Waals surface area contributed by atoms with Crippen LogP contribution >= 0.6 is 12.6 Å². The lowest BCUT2D eigenvalue weighted by Crippen LogP contribution is -2.55. The molecule has 1 atom stereocenters. The Morgan fingerprint density at radius 2 is 1.88 bits per heavy atom. The Morgan fingerprint density at radius 1 is 1.21 bits per heavy atom. The number of carbonyl (C=O) groups is 1. The number of piperidine rings is 1. The van der Waals surface area contributed by atoms with E-state index in [0.29, 0.717) is 6.10 Å². The summed E-state index contributed by atoms with van der Waals surface area (Å²) in [5.41, 5.74) is 0.394. The van der Waals surface area contributed by atoms with E-state index in [1.165, 1.54) is 0 Å². The average Bonchev–Trinajstić information content (AvgIpc) is 2.81. The van der Waals surface area contributed by atoms with Crippen molar-refractivity contribution < 1.29 is 9.53 Å². The zero-order valence-electron chi connectivity index (χ0n) is 14.1. The number of anilines is 1. The van der Waals surface area contributed by atoms with Crippen LogP contribution in [0.1, 0.15) is 32.1 Å². The van der Waals surface area contributed by atoms with E-state index in [4.69, 9.17) is 4.74 Å². The summed E-state index contributed by atoms with van der Waals surface area (Å²) in [5.74, 6) is 1.02. The van der Waals surface area contributed by atoms with Gasteiger partial charge >= 0.3 is 0 Å². The monoisotopic (exact) mass is 347 g/mol. The molecule has 0 radical (unpaired) electrons. The number of likely N-dealkylation sites (tertiary alicyclic amines) is 1. The van der Waals surface area contributed by atoms with Gasteiger partial charge in [-0.05, 0) is 63.4 Å². The minimum absolute atomic E-state index is 0.111. The number of benzene rings is 1. The van der Waals surface area contributed by atoms with Gasteiger partial charge in [0, 0.05) is 18.8 Å². The predicted octanol–water partition coefficient (Wildman–Crippen LogP) is 2.23. The molecule has 1 amide bonds. The number of amides is 1. The first-order chi connectivity index (χ1) is 11.6. The molecule has 1 aromatic carbocycles. The maximum atomic E-state index is 12.3. The largest absolute Gasteiger partial charge is 0.490 e. The fraction of sp³-hybridized carbons (Fsp3) is 0.611. The Kier molecular flexibility index (Phi) is 4.12. The highest BCUT2D eigenvalue weighted by atomic mass is 32.1. The van der Waals surface area contributed by atoms with E-state index in [1.54, 1.807) is 0 Å². The average molecular weight is 347 g/mol. The number of nitrogens with zero attached hydrogens (tertiary/aromatic N) is 2. The van der Waals surface area contributed by atoms with Gasteiger partial charge in [-0.3, -0.25) is 4.79 Å². The van der Waals surface area contributed by atoms with E-state index in [0.717, 1.165) is 56.6 Å². The van der Waals surface area contributed by atoms with E-state index in [-0.39, 0.29) is 16.9 Å². The molecule has 6 heteroatoms. The summed E-state index contributed by atoms with van der Waals surface area (Å²) in [7, 11) is 2.15. The molecule has 2 saturated heterocycles. The van der Waals surface area contributed by atoms with Crippen molar-refractivity contribution in [2.24, 2.45) is 0 Å². The van der Waals surface area contributed by atoms with Crippen LogP contribution in [0.4, 0.5) is 5.69 Å². The molecule has 2 aliphatic heterocycles. The van der Waals surface area contributed by atoms with Crippen LogP contribution in [0.15, 0.2) is 24.3 Å². The van der Waals surface area contributed by atoms with Crippen molar-refractivity contribution in [2.75, 3.05) is 25.0 Å². The highest BCUT2D eigenvalue weighted by Crippen LogP contribution is 2.45. The van der Waals surface area contributed by atoms with Gasteiger partial charge in [-0.1, -0.05) is 0 Å². The number of rotatable bonds is 3. The molecule has 1 N–H and O–H groups in total. The molecule has 5 nitrogen and oxygen atoms in total. The van der Waals surface area contributed by atoms with Crippen LogP contribution in [0.5, 0.6) is 5.75 Å². The van der Waals surface area contributed by atoms with Crippen molar-refractivity contribution in [3.8, 4) is 5.75 Å². The second kappa shape index (κ2) is 6.15. The lowest BCUT2D eigenvalue weighted by atomic mass is 9.75. The van der Waals surface area contributed by atoms with Crippen LogP contribution in [-0.2, 0) is 4.79 Å². The molecule has 0 bridgehead atoms. The van der Waals surface area contributed by atoms with Crippen LogP contribution in [0.25, 0.3) is 0 Å². The Labute approximate surface area is 148 Å². The normalized spacial score (nSPS) is 27.2. The number of hydrogen-bond donors (Lipinski definition) is 2. The molecule has 0 aromatic heterocycles. The van der Waals surface area contributed by atoms with Crippen LogP contribution in [0.3, 0.4) is 0 Å². The number of carbonyl (C=O) groups excluding carboxylic acids is 1. The highest BCUT2D eigenvalue weighted by molar-refractivity contribution is 7.81. The van der Waals surface area contributed by atoms with Gasteiger partial charge in [0.25, 0.3) is 0 Å². The fourth-order valence-corrected chi connectivity index (χ4v) is 4.48. The van der Waals surface area contributed by atoms with Gasteiger partial charge in [-0.25, -0.2) is 0 Å². The molecule has 4 rings (SSSR count). The molecule has 1 saturated carbocycles. The van der Waals surface area contributed by atoms with E-state index in [2.05, 4.69) is 34.8 Å². The van der Waals surface area contributed by atoms with Gasteiger partial charge in [0.1, 0.15) is 22.9 Å². The minimum Gasteiger partial charge on any atom is -0.490 e. The quantitative estimate of drug-likeness (QED) is 0.823. The fourth-order valence-electron chi connectivity index (χ4n) is 4.01. The molecule has 2 heterocycles. The van der Waals surface area contributed by atoms with Gasteiger partial charge in [0.15, 0.2) is 0 Å². The van der Waals surface area contributed by atoms with Crippen molar-refractivity contribution in [2.45, 2.75) is 49.2 Å². The van der Waals surface area contributed by atoms with Crippen molar-refractivity contribution in [3.63, 3.8) is 0 Å². The zero-order valence-corrected chi connectivity index (χ0v) is 15.0. The van der Waals surface area contributed by atoms with E-state index in [9.17, 15) is 4.79 Å². The summed E-state index contributed by atoms with van der Waals surface area (Å²) >= 11 is 4.56. The third-order valence-electron chi connectivity index (χ3n) is 5.65. The maximum Gasteiger partial charge on any atom is 0.248 e. The van der Waals surface area contributed by atoms with Crippen LogP contribution in [0.2, 0.25) is 0 Å². The highest BCUT2D eigenvalue weighted by Gasteiger charge is 2.56. The van der Waals surface area contributed by atoms with Gasteiger partial charge in [-0.2, -0.15) is 0 Å². The number of ether oxygens (including phenoxy) is 1. The smallest absolute Gasteiger partial charge is 0.248 e. The first-order valence-electron chi connectivity index (χ1n) is 8.82. The first-order valence-corrected chi connectivity index (χ1v) is 9.34. The van der Waals surface area contributed by atoms with Gasteiger partial charge in [0.05, 0.1) is 0 Å². The lowest BCUT2D eigenvalue weighted by molar-refractivity contribution is -0.126.